The molecule has 0 saturated heterocycles. The lowest BCUT2D eigenvalue weighted by atomic mass is 10.1. The zero-order chi connectivity index (χ0) is 24.1. The molecule has 2 amide bonds. The second kappa shape index (κ2) is 11.0. The largest absolute Gasteiger partial charge is 0.352 e. The molecule has 7 nitrogen and oxygen atoms in total. The van der Waals surface area contributed by atoms with Gasteiger partial charge >= 0.3 is 0 Å². The van der Waals surface area contributed by atoms with Crippen LogP contribution in [-0.4, -0.2) is 50.0 Å². The van der Waals surface area contributed by atoms with Crippen molar-refractivity contribution in [3.05, 3.63) is 64.1 Å². The third kappa shape index (κ3) is 7.39. The summed E-state index contributed by atoms with van der Waals surface area (Å²) in [5.74, 6) is -0.868. The summed E-state index contributed by atoms with van der Waals surface area (Å²) in [5, 5.41) is 3.67. The summed E-state index contributed by atoms with van der Waals surface area (Å²) >= 11 is 12.0. The molecule has 1 atom stereocenters. The molecule has 0 saturated carbocycles. The highest BCUT2D eigenvalue weighted by molar-refractivity contribution is 7.92. The van der Waals surface area contributed by atoms with Crippen molar-refractivity contribution in [1.29, 1.82) is 0 Å². The first kappa shape index (κ1) is 26.0. The number of rotatable bonds is 9. The van der Waals surface area contributed by atoms with Crippen molar-refractivity contribution in [2.45, 2.75) is 39.4 Å². The van der Waals surface area contributed by atoms with E-state index in [1.54, 1.807) is 49.4 Å². The Labute approximate surface area is 199 Å². The molecule has 2 aromatic carbocycles. The molecule has 32 heavy (non-hydrogen) atoms. The highest BCUT2D eigenvalue weighted by Gasteiger charge is 2.30. The molecule has 174 valence electrons. The maximum Gasteiger partial charge on any atom is 0.244 e. The highest BCUT2D eigenvalue weighted by Crippen LogP contribution is 2.22. The Bertz CT molecular complexity index is 1060. The fraction of sp³-hybridized carbons (Fsp3) is 0.364. The molecule has 0 bridgehead atoms. The molecule has 0 aliphatic rings. The third-order valence-electron chi connectivity index (χ3n) is 4.64. The number of hydrogen-bond acceptors (Lipinski definition) is 4. The van der Waals surface area contributed by atoms with Crippen molar-refractivity contribution in [2.75, 3.05) is 17.1 Å². The Balaban J connectivity index is 2.38. The average Bonchev–Trinajstić information content (AvgIpc) is 2.69. The second-order valence-corrected chi connectivity index (χ2v) is 10.5. The number of carbonyl (C=O) groups is 2. The van der Waals surface area contributed by atoms with E-state index in [2.05, 4.69) is 5.32 Å². The number of sulfonamides is 1. The number of benzene rings is 2. The van der Waals surface area contributed by atoms with Crippen molar-refractivity contribution in [1.82, 2.24) is 10.2 Å². The summed E-state index contributed by atoms with van der Waals surface area (Å²) < 4.78 is 25.9. The van der Waals surface area contributed by atoms with Crippen LogP contribution >= 0.6 is 23.2 Å². The molecule has 2 rings (SSSR count). The molecule has 0 spiro atoms. The van der Waals surface area contributed by atoms with Crippen molar-refractivity contribution in [2.24, 2.45) is 0 Å². The lowest BCUT2D eigenvalue weighted by molar-refractivity contribution is -0.139. The van der Waals surface area contributed by atoms with Gasteiger partial charge in [-0.25, -0.2) is 8.42 Å². The van der Waals surface area contributed by atoms with E-state index in [4.69, 9.17) is 23.2 Å². The van der Waals surface area contributed by atoms with Crippen LogP contribution in [0.5, 0.6) is 0 Å². The number of amides is 2. The van der Waals surface area contributed by atoms with Gasteiger partial charge in [0.1, 0.15) is 12.6 Å². The van der Waals surface area contributed by atoms with Crippen LogP contribution in [0.25, 0.3) is 0 Å². The van der Waals surface area contributed by atoms with E-state index >= 15 is 0 Å². The number of nitrogens with one attached hydrogen (secondary N) is 1. The van der Waals surface area contributed by atoms with Crippen LogP contribution in [0.2, 0.25) is 10.0 Å². The first-order valence-electron chi connectivity index (χ1n) is 9.96. The minimum absolute atomic E-state index is 0.107. The molecule has 2 aromatic rings. The normalized spacial score (nSPS) is 12.3. The maximum atomic E-state index is 13.3. The number of hydrogen-bond donors (Lipinski definition) is 1. The van der Waals surface area contributed by atoms with Gasteiger partial charge in [0.25, 0.3) is 0 Å². The predicted octanol–water partition coefficient (Wildman–Crippen LogP) is 3.70. The quantitative estimate of drug-likeness (QED) is 0.569. The number of anilines is 1. The zero-order valence-electron chi connectivity index (χ0n) is 18.4. The zero-order valence-corrected chi connectivity index (χ0v) is 20.7. The van der Waals surface area contributed by atoms with Gasteiger partial charge in [0.05, 0.1) is 11.9 Å². The van der Waals surface area contributed by atoms with Crippen LogP contribution in [0.1, 0.15) is 26.3 Å². The minimum atomic E-state index is -3.80. The summed E-state index contributed by atoms with van der Waals surface area (Å²) in [6.07, 6.45) is 1.01. The lowest BCUT2D eigenvalue weighted by Crippen LogP contribution is -2.52. The summed E-state index contributed by atoms with van der Waals surface area (Å²) in [6, 6.07) is 12.2. The molecule has 0 aromatic heterocycles. The van der Waals surface area contributed by atoms with E-state index in [-0.39, 0.29) is 24.2 Å². The van der Waals surface area contributed by atoms with Gasteiger partial charge in [-0.2, -0.15) is 0 Å². The molecule has 0 heterocycles. The molecular formula is C22H27Cl2N3O4S. The second-order valence-electron chi connectivity index (χ2n) is 7.74. The Kier molecular flexibility index (Phi) is 8.95. The Hall–Kier alpha value is -2.29. The maximum absolute atomic E-state index is 13.3. The number of halogens is 2. The van der Waals surface area contributed by atoms with Gasteiger partial charge in [0.15, 0.2) is 0 Å². The van der Waals surface area contributed by atoms with Gasteiger partial charge in [0.2, 0.25) is 21.8 Å². The van der Waals surface area contributed by atoms with Crippen LogP contribution < -0.4 is 9.62 Å². The van der Waals surface area contributed by atoms with Crippen molar-refractivity contribution >= 4 is 50.7 Å². The van der Waals surface area contributed by atoms with Crippen LogP contribution in [0.4, 0.5) is 5.69 Å². The summed E-state index contributed by atoms with van der Waals surface area (Å²) in [7, 11) is -3.80. The van der Waals surface area contributed by atoms with Gasteiger partial charge in [0, 0.05) is 22.6 Å². The van der Waals surface area contributed by atoms with Crippen LogP contribution in [-0.2, 0) is 26.2 Å². The van der Waals surface area contributed by atoms with Gasteiger partial charge in [-0.15, -0.1) is 0 Å². The SMILES string of the molecule is CC(C)NC(=O)C(C)N(Cc1ccc(Cl)cc1)C(=O)CN(c1cccc(Cl)c1)S(C)(=O)=O. The van der Waals surface area contributed by atoms with Gasteiger partial charge in [-0.05, 0) is 56.7 Å². The fourth-order valence-electron chi connectivity index (χ4n) is 3.02. The molecule has 0 fully saturated rings. The Morgan fingerprint density at radius 3 is 2.16 bits per heavy atom. The van der Waals surface area contributed by atoms with E-state index in [0.29, 0.717) is 10.0 Å². The topological polar surface area (TPSA) is 86.8 Å². The molecule has 1 unspecified atom stereocenters. The van der Waals surface area contributed by atoms with Crippen LogP contribution in [0, 0.1) is 0 Å². The van der Waals surface area contributed by atoms with E-state index in [1.807, 2.05) is 13.8 Å². The highest BCUT2D eigenvalue weighted by atomic mass is 35.5. The number of carbonyl (C=O) groups excluding carboxylic acids is 2. The van der Waals surface area contributed by atoms with Crippen molar-refractivity contribution < 1.29 is 18.0 Å². The summed E-state index contributed by atoms with van der Waals surface area (Å²) in [6.45, 7) is 4.87. The van der Waals surface area contributed by atoms with Gasteiger partial charge < -0.3 is 10.2 Å². The lowest BCUT2D eigenvalue weighted by Gasteiger charge is -2.32. The molecule has 10 heteroatoms. The monoisotopic (exact) mass is 499 g/mol. The van der Waals surface area contributed by atoms with Gasteiger partial charge in [-0.1, -0.05) is 41.4 Å². The predicted molar refractivity (Wildman–Crippen MR) is 128 cm³/mol. The number of nitrogens with zero attached hydrogens (tertiary/aromatic N) is 2. The Morgan fingerprint density at radius 2 is 1.62 bits per heavy atom. The standard InChI is InChI=1S/C22H27Cl2N3O4S/c1-15(2)25-22(29)16(3)26(13-17-8-10-18(23)11-9-17)21(28)14-27(32(4,30)31)20-7-5-6-19(24)12-20/h5-12,15-16H,13-14H2,1-4H3,(H,25,29). The summed E-state index contributed by atoms with van der Waals surface area (Å²) in [4.78, 5) is 27.4. The molecule has 0 aliphatic carbocycles. The minimum Gasteiger partial charge on any atom is -0.352 e. The van der Waals surface area contributed by atoms with E-state index in [0.717, 1.165) is 16.1 Å². The fourth-order valence-corrected chi connectivity index (χ4v) is 4.17. The first-order chi connectivity index (χ1) is 14.9. The molecule has 1 N–H and O–H groups in total. The molecule has 0 aliphatic heterocycles. The average molecular weight is 500 g/mol. The van der Waals surface area contributed by atoms with Crippen LogP contribution in [0.15, 0.2) is 48.5 Å². The van der Waals surface area contributed by atoms with Crippen molar-refractivity contribution in [3.63, 3.8) is 0 Å². The first-order valence-corrected chi connectivity index (χ1v) is 12.6. The van der Waals surface area contributed by atoms with E-state index in [9.17, 15) is 18.0 Å². The molecule has 0 radical (unpaired) electrons. The van der Waals surface area contributed by atoms with E-state index in [1.165, 1.54) is 11.0 Å². The van der Waals surface area contributed by atoms with Crippen molar-refractivity contribution in [3.8, 4) is 0 Å². The summed E-state index contributed by atoms with van der Waals surface area (Å²) in [5.41, 5.74) is 1.01. The smallest absolute Gasteiger partial charge is 0.244 e. The molecular weight excluding hydrogens is 473 g/mol. The third-order valence-corrected chi connectivity index (χ3v) is 6.27. The van der Waals surface area contributed by atoms with Gasteiger partial charge in [-0.3, -0.25) is 13.9 Å². The Morgan fingerprint density at radius 1 is 1.00 bits per heavy atom. The van der Waals surface area contributed by atoms with E-state index < -0.39 is 28.5 Å². The van der Waals surface area contributed by atoms with Crippen LogP contribution in [0.3, 0.4) is 0 Å².